The standard InChI is InChI=1S/C19H28N2O4/c1-5-24-16(22)19(13-15-9-6-7-11-20-15)10-8-12-21(14-19)17(23)25-18(2,3)4/h6-7,9,11H,5,8,10,12-14H2,1-4H3. The van der Waals surface area contributed by atoms with E-state index in [0.29, 0.717) is 26.0 Å². The quantitative estimate of drug-likeness (QED) is 0.782. The average molecular weight is 348 g/mol. The van der Waals surface area contributed by atoms with E-state index in [0.717, 1.165) is 12.1 Å². The molecule has 1 unspecified atom stereocenters. The Balaban J connectivity index is 2.22. The summed E-state index contributed by atoms with van der Waals surface area (Å²) in [6.07, 6.45) is 3.17. The highest BCUT2D eigenvalue weighted by molar-refractivity contribution is 5.79. The van der Waals surface area contributed by atoms with Gasteiger partial charge in [-0.1, -0.05) is 6.07 Å². The number of aromatic nitrogens is 1. The van der Waals surface area contributed by atoms with Crippen LogP contribution in [0.15, 0.2) is 24.4 Å². The number of rotatable bonds is 4. The van der Waals surface area contributed by atoms with Crippen molar-refractivity contribution < 1.29 is 19.1 Å². The van der Waals surface area contributed by atoms with Gasteiger partial charge in [-0.15, -0.1) is 0 Å². The number of ether oxygens (including phenoxy) is 2. The maximum Gasteiger partial charge on any atom is 0.410 e. The minimum atomic E-state index is -0.778. The molecule has 6 nitrogen and oxygen atoms in total. The molecule has 0 bridgehead atoms. The molecule has 1 amide bonds. The number of carbonyl (C=O) groups excluding carboxylic acids is 2. The van der Waals surface area contributed by atoms with E-state index in [2.05, 4.69) is 4.98 Å². The molecule has 0 saturated carbocycles. The predicted molar refractivity (Wildman–Crippen MR) is 94.0 cm³/mol. The van der Waals surface area contributed by atoms with Gasteiger partial charge in [0.15, 0.2) is 0 Å². The van der Waals surface area contributed by atoms with Crippen molar-refractivity contribution in [2.45, 2.75) is 52.6 Å². The van der Waals surface area contributed by atoms with Crippen LogP contribution in [-0.4, -0.2) is 47.2 Å². The van der Waals surface area contributed by atoms with Crippen LogP contribution in [0.4, 0.5) is 4.79 Å². The van der Waals surface area contributed by atoms with Crippen LogP contribution >= 0.6 is 0 Å². The third kappa shape index (κ3) is 5.18. The first-order chi connectivity index (χ1) is 11.8. The maximum atomic E-state index is 12.7. The summed E-state index contributed by atoms with van der Waals surface area (Å²) in [7, 11) is 0. The summed E-state index contributed by atoms with van der Waals surface area (Å²) < 4.78 is 10.8. The number of hydrogen-bond donors (Lipinski definition) is 0. The number of amides is 1. The fraction of sp³-hybridized carbons (Fsp3) is 0.632. The van der Waals surface area contributed by atoms with Crippen molar-refractivity contribution in [3.05, 3.63) is 30.1 Å². The van der Waals surface area contributed by atoms with Crippen molar-refractivity contribution in [3.63, 3.8) is 0 Å². The topological polar surface area (TPSA) is 68.7 Å². The molecule has 1 aliphatic heterocycles. The number of likely N-dealkylation sites (tertiary alicyclic amines) is 1. The average Bonchev–Trinajstić information content (AvgIpc) is 2.54. The Labute approximate surface area is 149 Å². The van der Waals surface area contributed by atoms with Crippen LogP contribution in [0.1, 0.15) is 46.2 Å². The molecule has 6 heteroatoms. The van der Waals surface area contributed by atoms with E-state index in [-0.39, 0.29) is 18.6 Å². The van der Waals surface area contributed by atoms with E-state index in [1.54, 1.807) is 18.0 Å². The molecule has 1 saturated heterocycles. The van der Waals surface area contributed by atoms with Crippen molar-refractivity contribution in [1.82, 2.24) is 9.88 Å². The van der Waals surface area contributed by atoms with Crippen molar-refractivity contribution >= 4 is 12.1 Å². The lowest BCUT2D eigenvalue weighted by molar-refractivity contribution is -0.158. The van der Waals surface area contributed by atoms with E-state index in [1.807, 2.05) is 39.0 Å². The van der Waals surface area contributed by atoms with Crippen LogP contribution < -0.4 is 0 Å². The molecule has 138 valence electrons. The first kappa shape index (κ1) is 19.2. The zero-order valence-electron chi connectivity index (χ0n) is 15.6. The number of pyridine rings is 1. The number of piperidine rings is 1. The molecule has 0 spiro atoms. The third-order valence-electron chi connectivity index (χ3n) is 4.18. The monoisotopic (exact) mass is 348 g/mol. The van der Waals surface area contributed by atoms with Crippen LogP contribution in [0.3, 0.4) is 0 Å². The van der Waals surface area contributed by atoms with Gasteiger partial charge in [-0.3, -0.25) is 9.78 Å². The van der Waals surface area contributed by atoms with Crippen LogP contribution in [0.25, 0.3) is 0 Å². The molecule has 1 atom stereocenters. The number of nitrogens with zero attached hydrogens (tertiary/aromatic N) is 2. The maximum absolute atomic E-state index is 12.7. The summed E-state index contributed by atoms with van der Waals surface area (Å²) in [5, 5.41) is 0. The molecule has 0 aromatic carbocycles. The van der Waals surface area contributed by atoms with Gasteiger partial charge in [0, 0.05) is 31.4 Å². The van der Waals surface area contributed by atoms with Gasteiger partial charge in [-0.2, -0.15) is 0 Å². The molecular formula is C19H28N2O4. The third-order valence-corrected chi connectivity index (χ3v) is 4.18. The van der Waals surface area contributed by atoms with Gasteiger partial charge in [-0.25, -0.2) is 4.79 Å². The molecule has 0 N–H and O–H groups in total. The molecule has 1 fully saturated rings. The Bertz CT molecular complexity index is 597. The van der Waals surface area contributed by atoms with Gasteiger partial charge < -0.3 is 14.4 Å². The lowest BCUT2D eigenvalue weighted by atomic mass is 9.76. The molecule has 1 aromatic heterocycles. The highest BCUT2D eigenvalue weighted by atomic mass is 16.6. The summed E-state index contributed by atoms with van der Waals surface area (Å²) in [6.45, 7) is 8.48. The summed E-state index contributed by atoms with van der Waals surface area (Å²) in [5.41, 5.74) is -0.525. The second-order valence-electron chi connectivity index (χ2n) is 7.50. The van der Waals surface area contributed by atoms with Crippen LogP contribution in [0, 0.1) is 5.41 Å². The van der Waals surface area contributed by atoms with Gasteiger partial charge in [0.05, 0.1) is 12.0 Å². The second kappa shape index (κ2) is 7.85. The second-order valence-corrected chi connectivity index (χ2v) is 7.50. The summed E-state index contributed by atoms with van der Waals surface area (Å²) in [6, 6.07) is 5.64. The zero-order chi connectivity index (χ0) is 18.5. The SMILES string of the molecule is CCOC(=O)C1(Cc2ccccn2)CCCN(C(=O)OC(C)(C)C)C1. The Morgan fingerprint density at radius 3 is 2.68 bits per heavy atom. The molecule has 2 rings (SSSR count). The van der Waals surface area contributed by atoms with Gasteiger partial charge in [-0.05, 0) is 52.7 Å². The summed E-state index contributed by atoms with van der Waals surface area (Å²) >= 11 is 0. The minimum Gasteiger partial charge on any atom is -0.466 e. The smallest absolute Gasteiger partial charge is 0.410 e. The molecule has 1 aromatic rings. The van der Waals surface area contributed by atoms with Crippen LogP contribution in [0.2, 0.25) is 0 Å². The number of esters is 1. The first-order valence-electron chi connectivity index (χ1n) is 8.81. The lowest BCUT2D eigenvalue weighted by Gasteiger charge is -2.41. The molecular weight excluding hydrogens is 320 g/mol. The molecule has 1 aliphatic rings. The van der Waals surface area contributed by atoms with Crippen molar-refractivity contribution in [3.8, 4) is 0 Å². The molecule has 25 heavy (non-hydrogen) atoms. The Morgan fingerprint density at radius 2 is 2.08 bits per heavy atom. The summed E-state index contributed by atoms with van der Waals surface area (Å²) in [5.74, 6) is -0.270. The first-order valence-corrected chi connectivity index (χ1v) is 8.81. The van der Waals surface area contributed by atoms with Crippen molar-refractivity contribution in [1.29, 1.82) is 0 Å². The number of carbonyl (C=O) groups is 2. The fourth-order valence-corrected chi connectivity index (χ4v) is 3.13. The molecule has 2 heterocycles. The van der Waals surface area contributed by atoms with Crippen molar-refractivity contribution in [2.75, 3.05) is 19.7 Å². The molecule has 0 radical (unpaired) electrons. The van der Waals surface area contributed by atoms with Crippen molar-refractivity contribution in [2.24, 2.45) is 5.41 Å². The Kier molecular flexibility index (Phi) is 6.03. The zero-order valence-corrected chi connectivity index (χ0v) is 15.6. The van der Waals surface area contributed by atoms with E-state index < -0.39 is 11.0 Å². The van der Waals surface area contributed by atoms with E-state index >= 15 is 0 Å². The molecule has 0 aliphatic carbocycles. The summed E-state index contributed by atoms with van der Waals surface area (Å²) in [4.78, 5) is 31.2. The van der Waals surface area contributed by atoms with E-state index in [4.69, 9.17) is 9.47 Å². The van der Waals surface area contributed by atoms with Gasteiger partial charge in [0.2, 0.25) is 0 Å². The fourth-order valence-electron chi connectivity index (χ4n) is 3.13. The van der Waals surface area contributed by atoms with E-state index in [9.17, 15) is 9.59 Å². The van der Waals surface area contributed by atoms with Crippen LogP contribution in [-0.2, 0) is 20.7 Å². The Morgan fingerprint density at radius 1 is 1.32 bits per heavy atom. The number of hydrogen-bond acceptors (Lipinski definition) is 5. The minimum absolute atomic E-state index is 0.270. The Hall–Kier alpha value is -2.11. The largest absolute Gasteiger partial charge is 0.466 e. The highest BCUT2D eigenvalue weighted by Gasteiger charge is 2.45. The van der Waals surface area contributed by atoms with Crippen LogP contribution in [0.5, 0.6) is 0 Å². The van der Waals surface area contributed by atoms with Gasteiger partial charge in [0.1, 0.15) is 5.60 Å². The lowest BCUT2D eigenvalue weighted by Crippen LogP contribution is -2.52. The van der Waals surface area contributed by atoms with E-state index in [1.165, 1.54) is 0 Å². The van der Waals surface area contributed by atoms with Gasteiger partial charge in [0.25, 0.3) is 0 Å². The highest BCUT2D eigenvalue weighted by Crippen LogP contribution is 2.35. The predicted octanol–water partition coefficient (Wildman–Crippen LogP) is 3.20. The van der Waals surface area contributed by atoms with Gasteiger partial charge >= 0.3 is 12.1 Å². The normalized spacial score (nSPS) is 20.9.